The van der Waals surface area contributed by atoms with Gasteiger partial charge < -0.3 is 33.7 Å². The van der Waals surface area contributed by atoms with Crippen LogP contribution in [0.4, 0.5) is 11.4 Å². The van der Waals surface area contributed by atoms with E-state index in [9.17, 15) is 9.00 Å². The highest BCUT2D eigenvalue weighted by Gasteiger charge is 2.23. The van der Waals surface area contributed by atoms with Gasteiger partial charge in [0.15, 0.2) is 0 Å². The highest BCUT2D eigenvalue weighted by atomic mass is 32.2. The van der Waals surface area contributed by atoms with Crippen molar-refractivity contribution < 1.29 is 28.0 Å². The summed E-state index contributed by atoms with van der Waals surface area (Å²) in [5.41, 5.74) is 7.38. The van der Waals surface area contributed by atoms with Crippen molar-refractivity contribution in [2.24, 2.45) is 0 Å². The minimum Gasteiger partial charge on any atom is -0.491 e. The number of fused-ring (bicyclic) bond motifs is 1. The van der Waals surface area contributed by atoms with Gasteiger partial charge in [-0.15, -0.1) is 0 Å². The van der Waals surface area contributed by atoms with Gasteiger partial charge >= 0.3 is 0 Å². The Bertz CT molecular complexity index is 1850. The van der Waals surface area contributed by atoms with E-state index in [0.29, 0.717) is 67.9 Å². The van der Waals surface area contributed by atoms with Gasteiger partial charge in [0.1, 0.15) is 12.4 Å². The van der Waals surface area contributed by atoms with Crippen LogP contribution in [0.15, 0.2) is 83.5 Å². The second-order valence-corrected chi connectivity index (χ2v) is 14.9. The molecule has 0 spiro atoms. The van der Waals surface area contributed by atoms with E-state index in [1.165, 1.54) is 0 Å². The number of imidazole rings is 1. The van der Waals surface area contributed by atoms with E-state index >= 15 is 0 Å². The van der Waals surface area contributed by atoms with Crippen molar-refractivity contribution in [3.63, 3.8) is 0 Å². The van der Waals surface area contributed by atoms with Gasteiger partial charge in [0.2, 0.25) is 0 Å². The van der Waals surface area contributed by atoms with Crippen LogP contribution in [0.25, 0.3) is 17.2 Å². The van der Waals surface area contributed by atoms with Gasteiger partial charge in [0.25, 0.3) is 5.91 Å². The first kappa shape index (κ1) is 38.4. The van der Waals surface area contributed by atoms with Gasteiger partial charge in [-0.3, -0.25) is 9.00 Å². The highest BCUT2D eigenvalue weighted by Crippen LogP contribution is 2.33. The number of nitrogens with zero attached hydrogens (tertiary/aromatic N) is 3. The fourth-order valence-electron chi connectivity index (χ4n) is 6.62. The number of amides is 1. The topological polar surface area (TPSA) is 104 Å². The second-order valence-electron chi connectivity index (χ2n) is 13.4. The van der Waals surface area contributed by atoms with E-state index in [-0.39, 0.29) is 12.0 Å². The van der Waals surface area contributed by atoms with Crippen molar-refractivity contribution >= 4 is 34.2 Å². The Morgan fingerprint density at radius 2 is 1.81 bits per heavy atom. The maximum atomic E-state index is 13.8. The first-order valence-electron chi connectivity index (χ1n) is 18.8. The number of aromatic nitrogens is 2. The number of ether oxygens (including phenoxy) is 4. The lowest BCUT2D eigenvalue weighted by Gasteiger charge is -2.33. The fraction of sp³-hybridized carbons (Fsp3) is 0.429. The van der Waals surface area contributed by atoms with Gasteiger partial charge in [-0.05, 0) is 104 Å². The average Bonchev–Trinajstić information content (AvgIpc) is 3.53. The van der Waals surface area contributed by atoms with Gasteiger partial charge in [-0.25, -0.2) is 4.98 Å². The van der Waals surface area contributed by atoms with E-state index in [0.717, 1.165) is 78.5 Å². The van der Waals surface area contributed by atoms with Crippen molar-refractivity contribution in [1.82, 2.24) is 9.55 Å². The van der Waals surface area contributed by atoms with E-state index in [4.69, 9.17) is 18.9 Å². The predicted octanol–water partition coefficient (Wildman–Crippen LogP) is 7.42. The van der Waals surface area contributed by atoms with Gasteiger partial charge in [0.05, 0.1) is 66.8 Å². The molecule has 1 amide bonds. The van der Waals surface area contributed by atoms with Gasteiger partial charge in [-0.2, -0.15) is 0 Å². The lowest BCUT2D eigenvalue weighted by Crippen LogP contribution is -2.41. The Morgan fingerprint density at radius 1 is 1.00 bits per heavy atom. The monoisotopic (exact) mass is 740 g/mol. The molecular weight excluding hydrogens is 689 g/mol. The smallest absolute Gasteiger partial charge is 0.251 e. The summed E-state index contributed by atoms with van der Waals surface area (Å²) in [6.07, 6.45) is 7.41. The third-order valence-corrected chi connectivity index (χ3v) is 11.0. The van der Waals surface area contributed by atoms with Crippen LogP contribution in [0.2, 0.25) is 0 Å². The van der Waals surface area contributed by atoms with E-state index < -0.39 is 10.8 Å². The largest absolute Gasteiger partial charge is 0.491 e. The summed E-state index contributed by atoms with van der Waals surface area (Å²) in [5, 5.41) is 3.10. The second kappa shape index (κ2) is 19.2. The minimum absolute atomic E-state index is 0.0119. The lowest BCUT2D eigenvalue weighted by molar-refractivity contribution is -0.112. The molecule has 2 atom stereocenters. The molecule has 2 aliphatic heterocycles. The molecule has 10 nitrogen and oxygen atoms in total. The number of hydrogen-bond acceptors (Lipinski definition) is 8. The van der Waals surface area contributed by atoms with Crippen LogP contribution < -0.4 is 15.0 Å². The third-order valence-electron chi connectivity index (χ3n) is 9.64. The molecule has 0 bridgehead atoms. The number of rotatable bonds is 16. The van der Waals surface area contributed by atoms with Crippen LogP contribution in [0, 0.1) is 6.92 Å². The minimum atomic E-state index is -1.24. The molecule has 0 unspecified atom stereocenters. The molecule has 282 valence electrons. The summed E-state index contributed by atoms with van der Waals surface area (Å²) in [6.45, 7) is 12.1. The summed E-state index contributed by atoms with van der Waals surface area (Å²) >= 11 is 0. The van der Waals surface area contributed by atoms with Crippen LogP contribution in [0.1, 0.15) is 56.5 Å². The molecule has 11 heteroatoms. The van der Waals surface area contributed by atoms with Crippen LogP contribution in [0.5, 0.6) is 5.75 Å². The summed E-state index contributed by atoms with van der Waals surface area (Å²) in [7, 11) is -1.24. The first-order chi connectivity index (χ1) is 25.9. The Balaban J connectivity index is 1.18. The molecule has 0 saturated carbocycles. The Morgan fingerprint density at radius 3 is 2.57 bits per heavy atom. The normalized spacial score (nSPS) is 16.6. The van der Waals surface area contributed by atoms with Crippen molar-refractivity contribution in [2.45, 2.75) is 69.8 Å². The molecule has 1 fully saturated rings. The Kier molecular flexibility index (Phi) is 13.9. The van der Waals surface area contributed by atoms with Gasteiger partial charge in [-0.1, -0.05) is 31.5 Å². The molecule has 1 aromatic heterocycles. The van der Waals surface area contributed by atoms with Crippen molar-refractivity contribution in [3.05, 3.63) is 95.6 Å². The molecule has 53 heavy (non-hydrogen) atoms. The average molecular weight is 741 g/mol. The van der Waals surface area contributed by atoms with Crippen molar-refractivity contribution in [1.29, 1.82) is 0 Å². The number of hydrogen-bond donors (Lipinski definition) is 1. The molecule has 3 aromatic carbocycles. The summed E-state index contributed by atoms with van der Waals surface area (Å²) < 4.78 is 38.5. The molecule has 4 aromatic rings. The van der Waals surface area contributed by atoms with Crippen molar-refractivity contribution in [3.8, 4) is 16.9 Å². The summed E-state index contributed by atoms with van der Waals surface area (Å²) in [4.78, 5) is 21.3. The summed E-state index contributed by atoms with van der Waals surface area (Å²) in [6, 6.07) is 21.9. The number of carbonyl (C=O) groups is 1. The molecule has 1 N–H and O–H groups in total. The molecule has 0 aliphatic carbocycles. The number of carbonyl (C=O) groups excluding carboxylic acids is 1. The van der Waals surface area contributed by atoms with Crippen LogP contribution in [0.3, 0.4) is 0 Å². The SMILES string of the molecule is CCCCOCCOc1ccc(-c2ccc3c(c2)C=C(C(=O)Nc2ccc([S@@](=O)Cc4c(C)ncn4CC)cc2)CCCN3C[C@@H]2COCCO2)cc1. The zero-order chi connectivity index (χ0) is 37.0. The molecule has 1 saturated heterocycles. The van der Waals surface area contributed by atoms with Crippen LogP contribution >= 0.6 is 0 Å². The number of nitrogens with one attached hydrogen (secondary N) is 1. The van der Waals surface area contributed by atoms with E-state index in [2.05, 4.69) is 52.5 Å². The Labute approximate surface area is 316 Å². The van der Waals surface area contributed by atoms with E-state index in [1.54, 1.807) is 6.33 Å². The molecule has 2 aliphatic rings. The number of anilines is 2. The van der Waals surface area contributed by atoms with Gasteiger partial charge in [0, 0.05) is 48.1 Å². The predicted molar refractivity (Wildman–Crippen MR) is 211 cm³/mol. The third kappa shape index (κ3) is 10.4. The number of unbranched alkanes of at least 4 members (excludes halogenated alkanes) is 1. The standard InChI is InChI=1S/C42H52N4O6S/c1-4-6-20-49-21-23-51-37-14-9-32(10-15-37)33-11-18-40-35(25-33)26-34(8-7-19-46(40)27-38-28-50-22-24-52-38)42(47)44-36-12-16-39(17-13-36)53(48)29-41-31(3)43-30-45(41)5-2/h9-18,25-26,30,38H,4-8,19-24,27-29H2,1-3H3,(H,44,47)/t38-,53+/m1/s1. The van der Waals surface area contributed by atoms with Crippen molar-refractivity contribution in [2.75, 3.05) is 62.9 Å². The quantitative estimate of drug-likeness (QED) is 0.119. The lowest BCUT2D eigenvalue weighted by atomic mass is 9.96. The fourth-order valence-corrected chi connectivity index (χ4v) is 7.85. The zero-order valence-corrected chi connectivity index (χ0v) is 32.0. The highest BCUT2D eigenvalue weighted by molar-refractivity contribution is 7.84. The zero-order valence-electron chi connectivity index (χ0n) is 31.2. The molecular formula is C42H52N4O6S. The van der Waals surface area contributed by atoms with E-state index in [1.807, 2.05) is 60.9 Å². The van der Waals surface area contributed by atoms with Crippen LogP contribution in [-0.2, 0) is 42.1 Å². The first-order valence-corrected chi connectivity index (χ1v) is 20.1. The maximum absolute atomic E-state index is 13.8. The molecule has 6 rings (SSSR count). The Hall–Kier alpha value is -4.29. The molecule has 0 radical (unpaired) electrons. The summed E-state index contributed by atoms with van der Waals surface area (Å²) in [5.74, 6) is 1.05. The number of aryl methyl sites for hydroxylation is 2. The maximum Gasteiger partial charge on any atom is 0.251 e. The van der Waals surface area contributed by atoms with Crippen LogP contribution in [-0.4, -0.2) is 78.5 Å². The number of benzene rings is 3. The molecule has 3 heterocycles.